The van der Waals surface area contributed by atoms with Crippen LogP contribution in [0.5, 0.6) is 0 Å². The summed E-state index contributed by atoms with van der Waals surface area (Å²) in [6.45, 7) is 3.03. The summed E-state index contributed by atoms with van der Waals surface area (Å²) in [7, 11) is -3.47. The summed E-state index contributed by atoms with van der Waals surface area (Å²) in [5.74, 6) is 0.548. The van der Waals surface area contributed by atoms with Crippen molar-refractivity contribution in [3.8, 4) is 0 Å². The van der Waals surface area contributed by atoms with Crippen molar-refractivity contribution in [2.24, 2.45) is 0 Å². The van der Waals surface area contributed by atoms with E-state index in [-0.39, 0.29) is 10.9 Å². The number of benzene rings is 1. The van der Waals surface area contributed by atoms with Crippen LogP contribution in [0.25, 0.3) is 0 Å². The molecule has 146 valence electrons. The monoisotopic (exact) mass is 389 g/mol. The van der Waals surface area contributed by atoms with Crippen LogP contribution in [-0.2, 0) is 16.4 Å². The molecule has 0 saturated carbocycles. The number of hydrogen-bond donors (Lipinski definition) is 2. The maximum absolute atomic E-state index is 12.7. The van der Waals surface area contributed by atoms with Crippen LogP contribution in [0.15, 0.2) is 53.6 Å². The molecule has 1 aromatic heterocycles. The molecule has 2 heterocycles. The third-order valence-corrected chi connectivity index (χ3v) is 6.81. The normalized spacial score (nSPS) is 18.0. The van der Waals surface area contributed by atoms with E-state index in [1.807, 2.05) is 37.3 Å². The van der Waals surface area contributed by atoms with E-state index >= 15 is 0 Å². The van der Waals surface area contributed by atoms with Gasteiger partial charge >= 0.3 is 0 Å². The Morgan fingerprint density at radius 2 is 1.81 bits per heavy atom. The van der Waals surface area contributed by atoms with Gasteiger partial charge in [-0.15, -0.1) is 0 Å². The zero-order valence-electron chi connectivity index (χ0n) is 15.6. The molecule has 2 unspecified atom stereocenters. The minimum atomic E-state index is -3.47. The summed E-state index contributed by atoms with van der Waals surface area (Å²) in [5.41, 5.74) is 1.06. The van der Waals surface area contributed by atoms with Crippen molar-refractivity contribution in [2.75, 3.05) is 18.4 Å². The zero-order chi connectivity index (χ0) is 19.3. The number of pyridine rings is 1. The van der Waals surface area contributed by atoms with Gasteiger partial charge in [-0.1, -0.05) is 36.8 Å². The fourth-order valence-electron chi connectivity index (χ4n) is 3.23. The number of aromatic nitrogens is 1. The molecule has 2 N–H and O–H groups in total. The van der Waals surface area contributed by atoms with Gasteiger partial charge in [0.25, 0.3) is 0 Å². The van der Waals surface area contributed by atoms with Gasteiger partial charge < -0.3 is 10.4 Å². The van der Waals surface area contributed by atoms with Crippen molar-refractivity contribution in [3.05, 3.63) is 54.2 Å². The van der Waals surface area contributed by atoms with Gasteiger partial charge in [-0.3, -0.25) is 0 Å². The van der Waals surface area contributed by atoms with Crippen LogP contribution < -0.4 is 5.32 Å². The summed E-state index contributed by atoms with van der Waals surface area (Å²) in [6, 6.07) is 12.8. The maximum atomic E-state index is 12.7. The van der Waals surface area contributed by atoms with E-state index in [1.54, 1.807) is 12.1 Å². The summed E-state index contributed by atoms with van der Waals surface area (Å²) in [6.07, 6.45) is 4.24. The molecular formula is C20H27N3O3S. The largest absolute Gasteiger partial charge is 0.391 e. The molecule has 0 aliphatic carbocycles. The van der Waals surface area contributed by atoms with E-state index in [0.29, 0.717) is 25.3 Å². The highest BCUT2D eigenvalue weighted by Crippen LogP contribution is 2.21. The fraction of sp³-hybridized carbons (Fsp3) is 0.450. The highest BCUT2D eigenvalue weighted by atomic mass is 32.2. The van der Waals surface area contributed by atoms with Crippen LogP contribution in [-0.4, -0.2) is 48.0 Å². The number of nitrogens with one attached hydrogen (secondary N) is 1. The smallest absolute Gasteiger partial charge is 0.244 e. The third kappa shape index (κ3) is 5.06. The molecule has 1 aromatic carbocycles. The average molecular weight is 390 g/mol. The fourth-order valence-corrected chi connectivity index (χ4v) is 4.70. The minimum absolute atomic E-state index is 0.215. The van der Waals surface area contributed by atoms with Gasteiger partial charge in [0.05, 0.1) is 12.1 Å². The van der Waals surface area contributed by atoms with Gasteiger partial charge in [-0.05, 0) is 37.5 Å². The van der Waals surface area contributed by atoms with Crippen LogP contribution in [0.4, 0.5) is 5.82 Å². The number of aliphatic hydroxyl groups excluding tert-OH is 1. The van der Waals surface area contributed by atoms with Crippen molar-refractivity contribution in [3.63, 3.8) is 0 Å². The first-order valence-corrected chi connectivity index (χ1v) is 10.9. The van der Waals surface area contributed by atoms with Gasteiger partial charge in [0.2, 0.25) is 10.0 Å². The molecular weight excluding hydrogens is 362 g/mol. The quantitative estimate of drug-likeness (QED) is 0.761. The molecule has 3 rings (SSSR count). The Labute approximate surface area is 161 Å². The number of nitrogens with zero attached hydrogens (tertiary/aromatic N) is 2. The molecule has 2 aromatic rings. The van der Waals surface area contributed by atoms with Crippen molar-refractivity contribution in [1.29, 1.82) is 0 Å². The van der Waals surface area contributed by atoms with Gasteiger partial charge in [0.1, 0.15) is 10.7 Å². The van der Waals surface area contributed by atoms with Gasteiger partial charge in [0, 0.05) is 25.7 Å². The molecule has 0 spiro atoms. The summed E-state index contributed by atoms with van der Waals surface area (Å²) in [4.78, 5) is 4.46. The first kappa shape index (κ1) is 19.8. The Kier molecular flexibility index (Phi) is 6.46. The lowest BCUT2D eigenvalue weighted by molar-refractivity contribution is 0.158. The van der Waals surface area contributed by atoms with Gasteiger partial charge in [0.15, 0.2) is 0 Å². The lowest BCUT2D eigenvalue weighted by Crippen LogP contribution is -2.35. The van der Waals surface area contributed by atoms with E-state index in [1.165, 1.54) is 10.5 Å². The Hall–Kier alpha value is -1.96. The third-order valence-electron chi connectivity index (χ3n) is 4.93. The van der Waals surface area contributed by atoms with E-state index < -0.39 is 16.1 Å². The molecule has 1 fully saturated rings. The molecule has 6 nitrogen and oxygen atoms in total. The Balaban J connectivity index is 1.61. The predicted octanol–water partition coefficient (Wildman–Crippen LogP) is 2.66. The minimum Gasteiger partial charge on any atom is -0.391 e. The molecule has 7 heteroatoms. The van der Waals surface area contributed by atoms with Gasteiger partial charge in [-0.25, -0.2) is 13.4 Å². The topological polar surface area (TPSA) is 82.5 Å². The summed E-state index contributed by atoms with van der Waals surface area (Å²) < 4.78 is 26.8. The first-order valence-electron chi connectivity index (χ1n) is 9.41. The molecule has 0 radical (unpaired) electrons. The Morgan fingerprint density at radius 3 is 2.44 bits per heavy atom. The second kappa shape index (κ2) is 8.82. The molecule has 1 aliphatic heterocycles. The van der Waals surface area contributed by atoms with E-state index in [9.17, 15) is 13.5 Å². The lowest BCUT2D eigenvalue weighted by Gasteiger charge is -2.26. The van der Waals surface area contributed by atoms with E-state index in [4.69, 9.17) is 0 Å². The standard InChI is InChI=1S/C20H27N3O3S/c1-16(19(24)14-17-8-4-2-5-9-17)22-20-11-10-18(15-21-20)27(25,26)23-12-6-3-7-13-23/h2,4-5,8-11,15-16,19,24H,3,6-7,12-14H2,1H3,(H,21,22). The number of piperidine rings is 1. The highest BCUT2D eigenvalue weighted by molar-refractivity contribution is 7.89. The highest BCUT2D eigenvalue weighted by Gasteiger charge is 2.26. The summed E-state index contributed by atoms with van der Waals surface area (Å²) in [5, 5.41) is 13.5. The van der Waals surface area contributed by atoms with Crippen molar-refractivity contribution < 1.29 is 13.5 Å². The number of hydrogen-bond acceptors (Lipinski definition) is 5. The number of sulfonamides is 1. The number of aliphatic hydroxyl groups is 1. The zero-order valence-corrected chi connectivity index (χ0v) is 16.4. The second-order valence-corrected chi connectivity index (χ2v) is 8.97. The van der Waals surface area contributed by atoms with Crippen molar-refractivity contribution >= 4 is 15.8 Å². The van der Waals surface area contributed by atoms with E-state index in [2.05, 4.69) is 10.3 Å². The molecule has 0 bridgehead atoms. The SMILES string of the molecule is CC(Nc1ccc(S(=O)(=O)N2CCCCC2)cn1)C(O)Cc1ccccc1. The number of rotatable bonds is 7. The van der Waals surface area contributed by atoms with Gasteiger partial charge in [-0.2, -0.15) is 4.31 Å². The van der Waals surface area contributed by atoms with Crippen LogP contribution >= 0.6 is 0 Å². The predicted molar refractivity (Wildman–Crippen MR) is 106 cm³/mol. The molecule has 1 aliphatic rings. The van der Waals surface area contributed by atoms with E-state index in [0.717, 1.165) is 24.8 Å². The first-order chi connectivity index (χ1) is 13.0. The van der Waals surface area contributed by atoms with Crippen LogP contribution in [0.1, 0.15) is 31.7 Å². The van der Waals surface area contributed by atoms with Crippen LogP contribution in [0.3, 0.4) is 0 Å². The molecule has 1 saturated heterocycles. The lowest BCUT2D eigenvalue weighted by atomic mass is 10.0. The summed E-state index contributed by atoms with van der Waals surface area (Å²) >= 11 is 0. The number of anilines is 1. The van der Waals surface area contributed by atoms with Crippen LogP contribution in [0.2, 0.25) is 0 Å². The van der Waals surface area contributed by atoms with Crippen LogP contribution in [0, 0.1) is 0 Å². The average Bonchev–Trinajstić information content (AvgIpc) is 2.70. The Bertz CT molecular complexity index is 819. The maximum Gasteiger partial charge on any atom is 0.244 e. The second-order valence-electron chi connectivity index (χ2n) is 7.03. The molecule has 27 heavy (non-hydrogen) atoms. The van der Waals surface area contributed by atoms with Crippen molar-refractivity contribution in [1.82, 2.24) is 9.29 Å². The molecule has 0 amide bonds. The Morgan fingerprint density at radius 1 is 1.11 bits per heavy atom. The molecule has 2 atom stereocenters. The van der Waals surface area contributed by atoms with Crippen molar-refractivity contribution in [2.45, 2.75) is 49.6 Å².